The van der Waals surface area contributed by atoms with Crippen LogP contribution in [0.15, 0.2) is 35.2 Å². The van der Waals surface area contributed by atoms with Crippen molar-refractivity contribution in [3.05, 3.63) is 36.5 Å². The first-order valence-corrected chi connectivity index (χ1v) is 8.89. The van der Waals surface area contributed by atoms with Gasteiger partial charge in [-0.1, -0.05) is 0 Å². The number of carbonyl (C=O) groups is 2. The number of aromatic nitrogens is 3. The van der Waals surface area contributed by atoms with Gasteiger partial charge < -0.3 is 9.32 Å². The Hall–Kier alpha value is -3.23. The van der Waals surface area contributed by atoms with E-state index < -0.39 is 28.4 Å². The van der Waals surface area contributed by atoms with Gasteiger partial charge in [-0.3, -0.25) is 14.7 Å². The van der Waals surface area contributed by atoms with E-state index in [-0.39, 0.29) is 24.8 Å². The van der Waals surface area contributed by atoms with E-state index in [9.17, 15) is 18.0 Å². The third-order valence-corrected chi connectivity index (χ3v) is 4.20. The Balaban J connectivity index is 1.53. The molecule has 2 bridgehead atoms. The molecule has 0 saturated carbocycles. The van der Waals surface area contributed by atoms with Crippen molar-refractivity contribution < 1.29 is 31.3 Å². The van der Waals surface area contributed by atoms with E-state index in [1.165, 1.54) is 34.3 Å². The van der Waals surface area contributed by atoms with Gasteiger partial charge in [-0.15, -0.1) is 4.28 Å². The van der Waals surface area contributed by atoms with Gasteiger partial charge in [-0.25, -0.2) is 14.5 Å². The maximum absolute atomic E-state index is 12.1. The van der Waals surface area contributed by atoms with E-state index in [1.54, 1.807) is 6.08 Å². The second-order valence-corrected chi connectivity index (χ2v) is 6.66. The predicted octanol–water partition coefficient (Wildman–Crippen LogP) is -0.182. The van der Waals surface area contributed by atoms with Gasteiger partial charge in [-0.2, -0.15) is 18.6 Å². The van der Waals surface area contributed by atoms with Crippen LogP contribution in [-0.4, -0.2) is 68.8 Å². The first-order valence-electron chi connectivity index (χ1n) is 7.53. The number of nitrogens with zero attached hydrogens (tertiary/aromatic N) is 5. The number of nitrogens with one attached hydrogen (secondary N) is 1. The van der Waals surface area contributed by atoms with Gasteiger partial charge in [-0.05, 0) is 12.1 Å². The zero-order valence-corrected chi connectivity index (χ0v) is 14.2. The van der Waals surface area contributed by atoms with Crippen LogP contribution in [0.25, 0.3) is 5.70 Å². The van der Waals surface area contributed by atoms with Crippen molar-refractivity contribution in [1.82, 2.24) is 24.7 Å². The van der Waals surface area contributed by atoms with E-state index >= 15 is 0 Å². The van der Waals surface area contributed by atoms with Crippen molar-refractivity contribution in [3.8, 4) is 0 Å². The summed E-state index contributed by atoms with van der Waals surface area (Å²) in [6, 6.07) is 0.0354. The number of anilines is 1. The van der Waals surface area contributed by atoms with E-state index in [4.69, 9.17) is 8.97 Å². The molecule has 1 saturated heterocycles. The van der Waals surface area contributed by atoms with E-state index in [2.05, 4.69) is 19.7 Å². The average Bonchev–Trinajstić information content (AvgIpc) is 3.32. The Labute approximate surface area is 151 Å². The fraction of sp³-hybridized carbons (Fsp3) is 0.231. The lowest BCUT2D eigenvalue weighted by atomic mass is 10.2. The third kappa shape index (κ3) is 3.40. The fourth-order valence-corrected chi connectivity index (χ4v) is 3.15. The van der Waals surface area contributed by atoms with Crippen LogP contribution in [0.5, 0.6) is 0 Å². The first-order chi connectivity index (χ1) is 12.8. The van der Waals surface area contributed by atoms with Crippen LogP contribution >= 0.6 is 0 Å². The van der Waals surface area contributed by atoms with Crippen LogP contribution in [0, 0.1) is 0 Å². The molecule has 27 heavy (non-hydrogen) atoms. The van der Waals surface area contributed by atoms with Crippen molar-refractivity contribution in [2.75, 3.05) is 18.4 Å². The molecule has 1 unspecified atom stereocenters. The molecule has 0 aromatic carbocycles. The molecule has 4 heterocycles. The third-order valence-electron chi connectivity index (χ3n) is 3.85. The van der Waals surface area contributed by atoms with Crippen molar-refractivity contribution in [2.45, 2.75) is 6.04 Å². The number of hydrogen-bond acceptors (Lipinski definition) is 8. The molecule has 2 aromatic heterocycles. The van der Waals surface area contributed by atoms with Crippen LogP contribution in [0.1, 0.15) is 10.5 Å². The van der Waals surface area contributed by atoms with Crippen LogP contribution < -0.4 is 5.32 Å². The minimum atomic E-state index is -4.83. The number of urea groups is 1. The number of carbonyl (C=O) groups excluding carboxylic acids is 2. The van der Waals surface area contributed by atoms with Gasteiger partial charge in [0.2, 0.25) is 0 Å². The van der Waals surface area contributed by atoms with Crippen LogP contribution in [0.2, 0.25) is 0 Å². The molecule has 13 nitrogen and oxygen atoms in total. The molecule has 0 spiro atoms. The van der Waals surface area contributed by atoms with Crippen LogP contribution in [-0.2, 0) is 14.7 Å². The summed E-state index contributed by atoms with van der Waals surface area (Å²) in [5.41, 5.74) is 0.607. The number of fused-ring (bicyclic) bond motifs is 2. The summed E-state index contributed by atoms with van der Waals surface area (Å²) < 4.78 is 41.3. The molecule has 4 rings (SSSR count). The highest BCUT2D eigenvalue weighted by atomic mass is 32.3. The van der Waals surface area contributed by atoms with Gasteiger partial charge in [0, 0.05) is 12.7 Å². The summed E-state index contributed by atoms with van der Waals surface area (Å²) in [5.74, 6) is -0.539. The van der Waals surface area contributed by atoms with Gasteiger partial charge in [0.15, 0.2) is 5.69 Å². The number of hydroxylamine groups is 2. The number of amides is 3. The molecule has 142 valence electrons. The number of rotatable bonds is 5. The summed E-state index contributed by atoms with van der Waals surface area (Å²) in [6.45, 7) is 0.305. The highest BCUT2D eigenvalue weighted by molar-refractivity contribution is 7.80. The summed E-state index contributed by atoms with van der Waals surface area (Å²) in [5, 5.41) is 7.13. The minimum Gasteiger partial charge on any atom is -0.432 e. The smallest absolute Gasteiger partial charge is 0.418 e. The van der Waals surface area contributed by atoms with Crippen LogP contribution in [0.4, 0.5) is 10.8 Å². The molecule has 2 aromatic rings. The molecule has 14 heteroatoms. The van der Waals surface area contributed by atoms with E-state index in [0.717, 1.165) is 0 Å². The Kier molecular flexibility index (Phi) is 3.94. The Morgan fingerprint density at radius 1 is 1.44 bits per heavy atom. The Bertz CT molecular complexity index is 1030. The normalized spacial score (nSPS) is 19.4. The highest BCUT2D eigenvalue weighted by Crippen LogP contribution is 2.27. The molecular formula is C13H12N6O7S. The highest BCUT2D eigenvalue weighted by Gasteiger charge is 2.43. The predicted molar refractivity (Wildman–Crippen MR) is 86.2 cm³/mol. The average molecular weight is 396 g/mol. The van der Waals surface area contributed by atoms with Crippen molar-refractivity contribution >= 4 is 34.0 Å². The lowest BCUT2D eigenvalue weighted by Crippen LogP contribution is -2.35. The minimum absolute atomic E-state index is 0.0270. The SMILES string of the molecule is O=C(Nc1ncco1)c1ccn(C2=CC3CN(C2)C(=O)N3OS(=O)(=O)O)n1. The second-order valence-electron chi connectivity index (χ2n) is 5.65. The molecule has 0 aliphatic carbocycles. The molecular weight excluding hydrogens is 384 g/mol. The van der Waals surface area contributed by atoms with E-state index in [0.29, 0.717) is 10.8 Å². The molecule has 2 N–H and O–H groups in total. The summed E-state index contributed by atoms with van der Waals surface area (Å²) in [6.07, 6.45) is 5.77. The Morgan fingerprint density at radius 3 is 2.96 bits per heavy atom. The van der Waals surface area contributed by atoms with Gasteiger partial charge in [0.25, 0.3) is 5.91 Å². The lowest BCUT2D eigenvalue weighted by molar-refractivity contribution is -0.0183. The topological polar surface area (TPSA) is 160 Å². The van der Waals surface area contributed by atoms with Gasteiger partial charge >= 0.3 is 22.4 Å². The molecule has 2 aliphatic heterocycles. The standard InChI is InChI=1S/C13H12N6O7S/c20-11(15-12-14-2-4-25-12)10-1-3-18(16-10)8-5-9-7-17(6-8)13(21)19(9)26-27(22,23)24/h1-5,9H,6-7H2,(H,14,15,20)(H,22,23,24). The lowest BCUT2D eigenvalue weighted by Gasteiger charge is -2.20. The number of hydrogen-bond donors (Lipinski definition) is 2. The molecule has 2 aliphatic rings. The Morgan fingerprint density at radius 2 is 2.26 bits per heavy atom. The maximum atomic E-state index is 12.1. The van der Waals surface area contributed by atoms with Gasteiger partial charge in [0.1, 0.15) is 12.3 Å². The molecule has 1 atom stereocenters. The zero-order chi connectivity index (χ0) is 19.2. The van der Waals surface area contributed by atoms with Crippen molar-refractivity contribution in [3.63, 3.8) is 0 Å². The molecule has 3 amide bonds. The zero-order valence-electron chi connectivity index (χ0n) is 13.4. The summed E-state index contributed by atoms with van der Waals surface area (Å²) in [7, 11) is -4.83. The largest absolute Gasteiger partial charge is 0.432 e. The fourth-order valence-electron chi connectivity index (χ4n) is 2.77. The summed E-state index contributed by atoms with van der Waals surface area (Å²) in [4.78, 5) is 29.3. The first kappa shape index (κ1) is 17.2. The van der Waals surface area contributed by atoms with E-state index in [1.807, 2.05) is 0 Å². The quantitative estimate of drug-likeness (QED) is 0.653. The maximum Gasteiger partial charge on any atom is 0.418 e. The van der Waals surface area contributed by atoms with Crippen LogP contribution in [0.3, 0.4) is 0 Å². The summed E-state index contributed by atoms with van der Waals surface area (Å²) >= 11 is 0. The van der Waals surface area contributed by atoms with Crippen molar-refractivity contribution in [2.24, 2.45) is 0 Å². The van der Waals surface area contributed by atoms with Gasteiger partial charge in [0.05, 0.1) is 18.4 Å². The number of oxazole rings is 1. The van der Waals surface area contributed by atoms with Crippen molar-refractivity contribution in [1.29, 1.82) is 0 Å². The molecule has 0 radical (unpaired) electrons. The monoisotopic (exact) mass is 396 g/mol. The second kappa shape index (κ2) is 6.19. The molecule has 1 fully saturated rings.